The van der Waals surface area contributed by atoms with Crippen LogP contribution in [0.4, 0.5) is 4.39 Å². The maximum atomic E-state index is 13.4. The van der Waals surface area contributed by atoms with Crippen LogP contribution in [0.3, 0.4) is 0 Å². The number of likely N-dealkylation sites (tertiary alicyclic amines) is 1. The van der Waals surface area contributed by atoms with Crippen molar-refractivity contribution in [3.63, 3.8) is 0 Å². The fourth-order valence-electron chi connectivity index (χ4n) is 4.67. The van der Waals surface area contributed by atoms with Crippen molar-refractivity contribution >= 4 is 17.7 Å². The standard InChI is InChI=1S/C29H36FN3O5/c1-19(2)16-25(34)26(35)32-29(13-14-29)28(37)31-24-8-3-4-15-33(27(24)36)18-20-6-5-7-23(17-20)38-22-11-9-21(30)10-12-22/h5-7,9-12,17,19,24-25,34H,3-4,8,13-16,18H2,1-2H3,(H,31,37)(H,32,35). The molecule has 0 bridgehead atoms. The van der Waals surface area contributed by atoms with Gasteiger partial charge in [0, 0.05) is 13.1 Å². The molecule has 3 N–H and O–H groups in total. The highest BCUT2D eigenvalue weighted by Gasteiger charge is 2.52. The van der Waals surface area contributed by atoms with Crippen molar-refractivity contribution in [1.29, 1.82) is 0 Å². The number of rotatable bonds is 10. The molecule has 2 aromatic rings. The SMILES string of the molecule is CC(C)CC(O)C(=O)NC1(C(=O)NC2CCCCN(Cc3cccc(Oc4ccc(F)cc4)c3)C2=O)CC1. The van der Waals surface area contributed by atoms with E-state index >= 15 is 0 Å². The Bertz CT molecular complexity index is 1150. The van der Waals surface area contributed by atoms with Gasteiger partial charge in [-0.1, -0.05) is 26.0 Å². The third kappa shape index (κ3) is 7.10. The fourth-order valence-corrected chi connectivity index (χ4v) is 4.67. The summed E-state index contributed by atoms with van der Waals surface area (Å²) in [6.45, 7) is 4.75. The summed E-state index contributed by atoms with van der Waals surface area (Å²) in [6, 6.07) is 12.4. The number of aliphatic hydroxyl groups is 1. The number of nitrogens with zero attached hydrogens (tertiary/aromatic N) is 1. The average molecular weight is 526 g/mol. The molecule has 1 saturated heterocycles. The monoisotopic (exact) mass is 525 g/mol. The quantitative estimate of drug-likeness (QED) is 0.439. The normalized spacial score (nSPS) is 19.4. The van der Waals surface area contributed by atoms with E-state index in [1.807, 2.05) is 32.0 Å². The van der Waals surface area contributed by atoms with E-state index in [9.17, 15) is 23.9 Å². The van der Waals surface area contributed by atoms with Gasteiger partial charge in [-0.3, -0.25) is 14.4 Å². The molecule has 1 heterocycles. The van der Waals surface area contributed by atoms with Crippen LogP contribution in [-0.4, -0.2) is 52.0 Å². The zero-order chi connectivity index (χ0) is 27.3. The van der Waals surface area contributed by atoms with E-state index in [4.69, 9.17) is 4.74 Å². The molecule has 0 aromatic heterocycles. The molecule has 1 aliphatic heterocycles. The van der Waals surface area contributed by atoms with Crippen molar-refractivity contribution < 1.29 is 28.6 Å². The second-order valence-electron chi connectivity index (χ2n) is 10.7. The largest absolute Gasteiger partial charge is 0.457 e. The smallest absolute Gasteiger partial charge is 0.249 e. The molecule has 1 saturated carbocycles. The summed E-state index contributed by atoms with van der Waals surface area (Å²) in [5.74, 6) is -0.207. The Morgan fingerprint density at radius 3 is 2.55 bits per heavy atom. The Labute approximate surface area is 222 Å². The van der Waals surface area contributed by atoms with Crippen molar-refractivity contribution in [2.75, 3.05) is 6.54 Å². The fraction of sp³-hybridized carbons (Fsp3) is 0.483. The maximum absolute atomic E-state index is 13.4. The molecule has 2 aliphatic rings. The van der Waals surface area contributed by atoms with E-state index in [-0.39, 0.29) is 23.5 Å². The lowest BCUT2D eigenvalue weighted by Gasteiger charge is -2.27. The lowest BCUT2D eigenvalue weighted by atomic mass is 10.0. The van der Waals surface area contributed by atoms with Crippen molar-refractivity contribution in [1.82, 2.24) is 15.5 Å². The van der Waals surface area contributed by atoms with Gasteiger partial charge in [0.2, 0.25) is 17.7 Å². The third-order valence-electron chi connectivity index (χ3n) is 6.95. The first kappa shape index (κ1) is 27.6. The zero-order valence-corrected chi connectivity index (χ0v) is 21.9. The van der Waals surface area contributed by atoms with Crippen molar-refractivity contribution in [2.24, 2.45) is 5.92 Å². The van der Waals surface area contributed by atoms with Gasteiger partial charge in [-0.05, 0) is 86.4 Å². The average Bonchev–Trinajstić information content (AvgIpc) is 3.68. The van der Waals surface area contributed by atoms with Crippen LogP contribution in [-0.2, 0) is 20.9 Å². The number of carbonyl (C=O) groups excluding carboxylic acids is 3. The summed E-state index contributed by atoms with van der Waals surface area (Å²) in [6.07, 6.45) is 2.22. The van der Waals surface area contributed by atoms with Gasteiger partial charge in [0.15, 0.2) is 0 Å². The molecule has 8 nitrogen and oxygen atoms in total. The highest BCUT2D eigenvalue weighted by atomic mass is 19.1. The molecular weight excluding hydrogens is 489 g/mol. The lowest BCUT2D eigenvalue weighted by Crippen LogP contribution is -2.56. The van der Waals surface area contributed by atoms with Gasteiger partial charge in [-0.25, -0.2) is 4.39 Å². The molecule has 3 amide bonds. The summed E-state index contributed by atoms with van der Waals surface area (Å²) >= 11 is 0. The van der Waals surface area contributed by atoms with Crippen LogP contribution in [0.2, 0.25) is 0 Å². The molecule has 4 rings (SSSR count). The van der Waals surface area contributed by atoms with Crippen molar-refractivity contribution in [2.45, 2.75) is 76.6 Å². The minimum atomic E-state index is -1.17. The minimum Gasteiger partial charge on any atom is -0.457 e. The first-order valence-corrected chi connectivity index (χ1v) is 13.3. The van der Waals surface area contributed by atoms with Crippen LogP contribution in [0.15, 0.2) is 48.5 Å². The molecule has 2 fully saturated rings. The summed E-state index contributed by atoms with van der Waals surface area (Å²) in [5.41, 5.74) is -0.187. The van der Waals surface area contributed by atoms with Crippen LogP contribution < -0.4 is 15.4 Å². The van der Waals surface area contributed by atoms with Crippen LogP contribution >= 0.6 is 0 Å². The molecular formula is C29H36FN3O5. The van der Waals surface area contributed by atoms with Crippen LogP contribution in [0.5, 0.6) is 11.5 Å². The van der Waals surface area contributed by atoms with E-state index in [1.165, 1.54) is 12.1 Å². The predicted octanol–water partition coefficient (Wildman–Crippen LogP) is 3.67. The number of hydrogen-bond donors (Lipinski definition) is 3. The molecule has 2 aromatic carbocycles. The summed E-state index contributed by atoms with van der Waals surface area (Å²) in [5, 5.41) is 15.7. The van der Waals surface area contributed by atoms with Gasteiger partial charge >= 0.3 is 0 Å². The number of nitrogens with one attached hydrogen (secondary N) is 2. The van der Waals surface area contributed by atoms with Crippen molar-refractivity contribution in [3.05, 3.63) is 59.9 Å². The van der Waals surface area contributed by atoms with Gasteiger partial charge in [-0.15, -0.1) is 0 Å². The third-order valence-corrected chi connectivity index (χ3v) is 6.95. The number of halogens is 1. The molecule has 0 spiro atoms. The summed E-state index contributed by atoms with van der Waals surface area (Å²) in [4.78, 5) is 40.7. The second-order valence-corrected chi connectivity index (χ2v) is 10.7. The molecule has 204 valence electrons. The first-order valence-electron chi connectivity index (χ1n) is 13.3. The minimum absolute atomic E-state index is 0.143. The van der Waals surface area contributed by atoms with E-state index in [2.05, 4.69) is 10.6 Å². The molecule has 1 aliphatic carbocycles. The van der Waals surface area contributed by atoms with Crippen LogP contribution in [0.1, 0.15) is 57.9 Å². The zero-order valence-electron chi connectivity index (χ0n) is 21.9. The van der Waals surface area contributed by atoms with Crippen LogP contribution in [0.25, 0.3) is 0 Å². The summed E-state index contributed by atoms with van der Waals surface area (Å²) < 4.78 is 19.0. The Morgan fingerprint density at radius 2 is 1.87 bits per heavy atom. The maximum Gasteiger partial charge on any atom is 0.249 e. The molecule has 9 heteroatoms. The number of benzene rings is 2. The molecule has 0 radical (unpaired) electrons. The number of hydrogen-bond acceptors (Lipinski definition) is 5. The van der Waals surface area contributed by atoms with Crippen LogP contribution in [0, 0.1) is 11.7 Å². The Morgan fingerprint density at radius 1 is 1.13 bits per heavy atom. The lowest BCUT2D eigenvalue weighted by molar-refractivity contribution is -0.138. The van der Waals surface area contributed by atoms with E-state index in [0.717, 1.165) is 18.4 Å². The highest BCUT2D eigenvalue weighted by Crippen LogP contribution is 2.36. The Balaban J connectivity index is 1.37. The second kappa shape index (κ2) is 11.9. The first-order chi connectivity index (χ1) is 18.1. The number of ether oxygens (including phenoxy) is 1. The van der Waals surface area contributed by atoms with Gasteiger partial charge in [0.1, 0.15) is 35.0 Å². The number of carbonyl (C=O) groups is 3. The predicted molar refractivity (Wildman–Crippen MR) is 140 cm³/mol. The number of aliphatic hydroxyl groups excluding tert-OH is 1. The van der Waals surface area contributed by atoms with Gasteiger partial charge in [0.05, 0.1) is 0 Å². The Kier molecular flexibility index (Phi) is 8.66. The Hall–Kier alpha value is -3.46. The highest BCUT2D eigenvalue weighted by molar-refractivity contribution is 5.97. The van der Waals surface area contributed by atoms with Gasteiger partial charge in [0.25, 0.3) is 0 Å². The van der Waals surface area contributed by atoms with Gasteiger partial charge < -0.3 is 25.4 Å². The number of amides is 3. The van der Waals surface area contributed by atoms with Crippen molar-refractivity contribution in [3.8, 4) is 11.5 Å². The van der Waals surface area contributed by atoms with E-state index in [1.54, 1.807) is 23.1 Å². The molecule has 2 unspecified atom stereocenters. The topological polar surface area (TPSA) is 108 Å². The van der Waals surface area contributed by atoms with E-state index in [0.29, 0.717) is 50.3 Å². The summed E-state index contributed by atoms with van der Waals surface area (Å²) in [7, 11) is 0. The van der Waals surface area contributed by atoms with E-state index < -0.39 is 23.6 Å². The molecule has 38 heavy (non-hydrogen) atoms. The molecule has 2 atom stereocenters. The van der Waals surface area contributed by atoms with Gasteiger partial charge in [-0.2, -0.15) is 0 Å².